The molecule has 3 rings (SSSR count). The number of amides is 2. The monoisotopic (exact) mass is 259 g/mol. The van der Waals surface area contributed by atoms with Crippen molar-refractivity contribution in [2.45, 2.75) is 44.8 Å². The van der Waals surface area contributed by atoms with E-state index >= 15 is 0 Å². The molecule has 1 aromatic heterocycles. The highest BCUT2D eigenvalue weighted by Crippen LogP contribution is 2.31. The third-order valence-corrected chi connectivity index (χ3v) is 3.62. The third-order valence-electron chi connectivity index (χ3n) is 3.62. The minimum absolute atomic E-state index is 0.0352. The fourth-order valence-corrected chi connectivity index (χ4v) is 2.37. The maximum absolute atomic E-state index is 12.1. The van der Waals surface area contributed by atoms with Crippen LogP contribution in [0.1, 0.15) is 30.5 Å². The van der Waals surface area contributed by atoms with Crippen molar-refractivity contribution in [1.82, 2.24) is 15.2 Å². The van der Waals surface area contributed by atoms with E-state index in [4.69, 9.17) is 0 Å². The van der Waals surface area contributed by atoms with Gasteiger partial charge in [-0.2, -0.15) is 0 Å². The SMILES string of the molecule is Cc1ccc(CNC2CC(=O)N(C3CC3)C2=O)cn1. The van der Waals surface area contributed by atoms with E-state index in [0.29, 0.717) is 6.54 Å². The van der Waals surface area contributed by atoms with Crippen LogP contribution in [0.3, 0.4) is 0 Å². The molecule has 2 aliphatic rings. The number of aromatic nitrogens is 1. The molecule has 1 unspecified atom stereocenters. The van der Waals surface area contributed by atoms with Crippen molar-refractivity contribution in [3.63, 3.8) is 0 Å². The van der Waals surface area contributed by atoms with Gasteiger partial charge in [-0.15, -0.1) is 0 Å². The number of rotatable bonds is 4. The number of hydrogen-bond donors (Lipinski definition) is 1. The summed E-state index contributed by atoms with van der Waals surface area (Å²) in [4.78, 5) is 29.5. The smallest absolute Gasteiger partial charge is 0.247 e. The third kappa shape index (κ3) is 2.51. The topological polar surface area (TPSA) is 62.3 Å². The number of carbonyl (C=O) groups excluding carboxylic acids is 2. The van der Waals surface area contributed by atoms with Crippen molar-refractivity contribution < 1.29 is 9.59 Å². The van der Waals surface area contributed by atoms with E-state index in [0.717, 1.165) is 24.1 Å². The molecule has 1 aliphatic heterocycles. The number of likely N-dealkylation sites (tertiary alicyclic amines) is 1. The molecule has 1 saturated carbocycles. The molecule has 0 radical (unpaired) electrons. The molecule has 2 amide bonds. The van der Waals surface area contributed by atoms with E-state index in [1.165, 1.54) is 4.90 Å². The van der Waals surface area contributed by atoms with Gasteiger partial charge in [0.2, 0.25) is 11.8 Å². The lowest BCUT2D eigenvalue weighted by molar-refractivity contribution is -0.139. The van der Waals surface area contributed by atoms with Crippen molar-refractivity contribution in [2.24, 2.45) is 0 Å². The van der Waals surface area contributed by atoms with Gasteiger partial charge in [0.15, 0.2) is 0 Å². The van der Waals surface area contributed by atoms with Gasteiger partial charge >= 0.3 is 0 Å². The fraction of sp³-hybridized carbons (Fsp3) is 0.500. The van der Waals surface area contributed by atoms with Gasteiger partial charge in [-0.25, -0.2) is 0 Å². The minimum Gasteiger partial charge on any atom is -0.301 e. The predicted octanol–water partition coefficient (Wildman–Crippen LogP) is 0.770. The van der Waals surface area contributed by atoms with Gasteiger partial charge in [0.1, 0.15) is 0 Å². The lowest BCUT2D eigenvalue weighted by atomic mass is 10.2. The maximum atomic E-state index is 12.1. The molecular weight excluding hydrogens is 242 g/mol. The van der Waals surface area contributed by atoms with E-state index in [2.05, 4.69) is 10.3 Å². The molecule has 2 fully saturated rings. The van der Waals surface area contributed by atoms with Crippen LogP contribution in [0.4, 0.5) is 0 Å². The van der Waals surface area contributed by atoms with Gasteiger partial charge in [0.25, 0.3) is 0 Å². The molecule has 1 saturated heterocycles. The Labute approximate surface area is 112 Å². The van der Waals surface area contributed by atoms with Gasteiger partial charge < -0.3 is 5.32 Å². The molecule has 0 bridgehead atoms. The molecule has 1 aromatic rings. The second-order valence-corrected chi connectivity index (χ2v) is 5.28. The number of pyridine rings is 1. The summed E-state index contributed by atoms with van der Waals surface area (Å²) in [6.07, 6.45) is 4.01. The molecule has 5 nitrogen and oxygen atoms in total. The van der Waals surface area contributed by atoms with Crippen molar-refractivity contribution >= 4 is 11.8 Å². The number of imide groups is 1. The molecular formula is C14H17N3O2. The Morgan fingerprint density at radius 1 is 1.37 bits per heavy atom. The van der Waals surface area contributed by atoms with E-state index in [-0.39, 0.29) is 30.3 Å². The van der Waals surface area contributed by atoms with Crippen molar-refractivity contribution in [3.8, 4) is 0 Å². The Balaban J connectivity index is 1.60. The Morgan fingerprint density at radius 3 is 2.79 bits per heavy atom. The van der Waals surface area contributed by atoms with E-state index in [1.807, 2.05) is 19.1 Å². The largest absolute Gasteiger partial charge is 0.301 e. The molecule has 5 heteroatoms. The highest BCUT2D eigenvalue weighted by atomic mass is 16.2. The molecule has 100 valence electrons. The van der Waals surface area contributed by atoms with Crippen LogP contribution in [0.2, 0.25) is 0 Å². The number of nitrogens with one attached hydrogen (secondary N) is 1. The van der Waals surface area contributed by atoms with Crippen LogP contribution in [0.15, 0.2) is 18.3 Å². The fourth-order valence-electron chi connectivity index (χ4n) is 2.37. The summed E-state index contributed by atoms with van der Waals surface area (Å²) in [6, 6.07) is 3.73. The normalized spacial score (nSPS) is 23.2. The van der Waals surface area contributed by atoms with Gasteiger partial charge in [-0.3, -0.25) is 19.5 Å². The Morgan fingerprint density at radius 2 is 2.16 bits per heavy atom. The van der Waals surface area contributed by atoms with Crippen molar-refractivity contribution in [3.05, 3.63) is 29.6 Å². The summed E-state index contributed by atoms with van der Waals surface area (Å²) in [6.45, 7) is 2.50. The van der Waals surface area contributed by atoms with Gasteiger partial charge in [0.05, 0.1) is 12.5 Å². The van der Waals surface area contributed by atoms with Gasteiger partial charge in [-0.1, -0.05) is 6.07 Å². The standard InChI is InChI=1S/C14H17N3O2/c1-9-2-3-10(7-15-9)8-16-12-6-13(18)17(14(12)19)11-4-5-11/h2-3,7,11-12,16H,4-6,8H2,1H3. The van der Waals surface area contributed by atoms with E-state index in [9.17, 15) is 9.59 Å². The quantitative estimate of drug-likeness (QED) is 0.811. The summed E-state index contributed by atoms with van der Waals surface area (Å²) >= 11 is 0. The zero-order valence-corrected chi connectivity index (χ0v) is 10.9. The average molecular weight is 259 g/mol. The summed E-state index contributed by atoms with van der Waals surface area (Å²) in [5.41, 5.74) is 1.99. The summed E-state index contributed by atoms with van der Waals surface area (Å²) in [5.74, 6) is -0.0976. The van der Waals surface area contributed by atoms with Crippen LogP contribution in [-0.4, -0.2) is 33.8 Å². The molecule has 1 atom stereocenters. The van der Waals surface area contributed by atoms with Crippen LogP contribution in [-0.2, 0) is 16.1 Å². The Kier molecular flexibility index (Phi) is 3.06. The molecule has 19 heavy (non-hydrogen) atoms. The zero-order valence-electron chi connectivity index (χ0n) is 10.9. The summed E-state index contributed by atoms with van der Waals surface area (Å²) in [7, 11) is 0. The van der Waals surface area contributed by atoms with Crippen molar-refractivity contribution in [1.29, 1.82) is 0 Å². The number of hydrogen-bond acceptors (Lipinski definition) is 4. The second kappa shape index (κ2) is 4.74. The van der Waals surface area contributed by atoms with Crippen LogP contribution < -0.4 is 5.32 Å². The molecule has 1 N–H and O–H groups in total. The first-order valence-corrected chi connectivity index (χ1v) is 6.66. The van der Waals surface area contributed by atoms with E-state index < -0.39 is 0 Å². The number of nitrogens with zero attached hydrogens (tertiary/aromatic N) is 2. The predicted molar refractivity (Wildman–Crippen MR) is 69.1 cm³/mol. The lowest BCUT2D eigenvalue weighted by Crippen LogP contribution is -2.39. The number of aryl methyl sites for hydroxylation is 1. The first kappa shape index (κ1) is 12.3. The average Bonchev–Trinajstić information content (AvgIpc) is 3.17. The summed E-state index contributed by atoms with van der Waals surface area (Å²) < 4.78 is 0. The van der Waals surface area contributed by atoms with Crippen LogP contribution in [0.25, 0.3) is 0 Å². The lowest BCUT2D eigenvalue weighted by Gasteiger charge is -2.14. The first-order chi connectivity index (χ1) is 9.15. The van der Waals surface area contributed by atoms with Gasteiger partial charge in [-0.05, 0) is 31.4 Å². The van der Waals surface area contributed by atoms with E-state index in [1.54, 1.807) is 6.20 Å². The second-order valence-electron chi connectivity index (χ2n) is 5.28. The van der Waals surface area contributed by atoms with Crippen molar-refractivity contribution in [2.75, 3.05) is 0 Å². The molecule has 0 aromatic carbocycles. The highest BCUT2D eigenvalue weighted by Gasteiger charge is 2.45. The first-order valence-electron chi connectivity index (χ1n) is 6.66. The van der Waals surface area contributed by atoms with Crippen LogP contribution in [0, 0.1) is 6.92 Å². The minimum atomic E-state index is -0.366. The highest BCUT2D eigenvalue weighted by molar-refractivity contribution is 6.06. The Bertz CT molecular complexity index is 508. The maximum Gasteiger partial charge on any atom is 0.247 e. The molecule has 0 spiro atoms. The Hall–Kier alpha value is -1.75. The van der Waals surface area contributed by atoms with Crippen LogP contribution in [0.5, 0.6) is 0 Å². The molecule has 2 heterocycles. The number of carbonyl (C=O) groups is 2. The van der Waals surface area contributed by atoms with Gasteiger partial charge in [0, 0.05) is 24.5 Å². The van der Waals surface area contributed by atoms with Crippen LogP contribution >= 0.6 is 0 Å². The molecule has 1 aliphatic carbocycles. The zero-order chi connectivity index (χ0) is 13.4. The summed E-state index contributed by atoms with van der Waals surface area (Å²) in [5, 5.41) is 3.16.